The molecule has 0 unspecified atom stereocenters. The molecule has 0 atom stereocenters. The lowest BCUT2D eigenvalue weighted by atomic mass is 9.97. The van der Waals surface area contributed by atoms with Crippen LogP contribution in [0.3, 0.4) is 0 Å². The number of halogens is 2. The molecule has 0 radical (unpaired) electrons. The highest BCUT2D eigenvalue weighted by atomic mass is 35.5. The Morgan fingerprint density at radius 1 is 1.09 bits per heavy atom. The van der Waals surface area contributed by atoms with Crippen LogP contribution in [0.25, 0.3) is 0 Å². The number of anilines is 1. The Morgan fingerprint density at radius 2 is 1.78 bits per heavy atom. The Labute approximate surface area is 197 Å². The summed E-state index contributed by atoms with van der Waals surface area (Å²) in [4.78, 5) is 24.5. The van der Waals surface area contributed by atoms with Crippen molar-refractivity contribution in [1.82, 2.24) is 4.31 Å². The molecule has 1 saturated heterocycles. The molecule has 10 heteroatoms. The molecule has 1 aliphatic heterocycles. The van der Waals surface area contributed by atoms with E-state index in [9.17, 15) is 18.0 Å². The quantitative estimate of drug-likeness (QED) is 0.572. The average molecular weight is 499 g/mol. The van der Waals surface area contributed by atoms with Crippen LogP contribution < -0.4 is 5.32 Å². The number of carbonyl (C=O) groups is 2. The number of hydrogen-bond acceptors (Lipinski definition) is 5. The van der Waals surface area contributed by atoms with Crippen molar-refractivity contribution in [3.05, 3.63) is 63.6 Å². The highest BCUT2D eigenvalue weighted by Crippen LogP contribution is 2.26. The van der Waals surface area contributed by atoms with E-state index < -0.39 is 16.0 Å². The number of nitrogens with zero attached hydrogens (tertiary/aromatic N) is 1. The largest absolute Gasteiger partial charge is 0.462 e. The minimum absolute atomic E-state index is 0.172. The van der Waals surface area contributed by atoms with Crippen LogP contribution in [0.4, 0.5) is 5.69 Å². The fourth-order valence-corrected chi connectivity index (χ4v) is 5.64. The van der Waals surface area contributed by atoms with Crippen molar-refractivity contribution in [2.75, 3.05) is 25.0 Å². The summed E-state index contributed by atoms with van der Waals surface area (Å²) in [6.07, 6.45) is 0.810. The van der Waals surface area contributed by atoms with Gasteiger partial charge >= 0.3 is 5.97 Å². The van der Waals surface area contributed by atoms with Gasteiger partial charge in [-0.3, -0.25) is 4.79 Å². The van der Waals surface area contributed by atoms with E-state index in [1.54, 1.807) is 37.3 Å². The Bertz CT molecular complexity index is 1100. The molecule has 1 heterocycles. The van der Waals surface area contributed by atoms with E-state index in [0.717, 1.165) is 0 Å². The minimum atomic E-state index is -3.53. The number of piperidine rings is 1. The highest BCUT2D eigenvalue weighted by Gasteiger charge is 2.31. The zero-order valence-corrected chi connectivity index (χ0v) is 19.8. The molecule has 1 aliphatic rings. The molecular formula is C22H24Cl2N2O5S. The van der Waals surface area contributed by atoms with Gasteiger partial charge in [0.05, 0.1) is 22.9 Å². The minimum Gasteiger partial charge on any atom is -0.462 e. The Balaban J connectivity index is 1.57. The molecule has 1 N–H and O–H groups in total. The van der Waals surface area contributed by atoms with Crippen molar-refractivity contribution in [2.24, 2.45) is 5.92 Å². The maximum atomic E-state index is 12.8. The molecule has 32 heavy (non-hydrogen) atoms. The standard InChI is InChI=1S/C22H24Cl2N2O5S/c1-2-31-22(28)18-8-7-17(13-20(18)24)25-21(27)15-9-11-26(12-10-15)32(29,30)14-16-5-3-4-6-19(16)23/h3-8,13,15H,2,9-12,14H2,1H3,(H,25,27). The Hall–Kier alpha value is -2.13. The van der Waals surface area contributed by atoms with Crippen molar-refractivity contribution in [2.45, 2.75) is 25.5 Å². The monoisotopic (exact) mass is 498 g/mol. The summed E-state index contributed by atoms with van der Waals surface area (Å²) < 4.78 is 31.9. The summed E-state index contributed by atoms with van der Waals surface area (Å²) in [6, 6.07) is 11.4. The second-order valence-corrected chi connectivity index (χ2v) is 10.2. The number of rotatable bonds is 7. The van der Waals surface area contributed by atoms with Crippen molar-refractivity contribution >= 4 is 50.8 Å². The van der Waals surface area contributed by atoms with Gasteiger partial charge in [0, 0.05) is 29.7 Å². The van der Waals surface area contributed by atoms with Gasteiger partial charge in [0.2, 0.25) is 15.9 Å². The molecule has 0 spiro atoms. The number of sulfonamides is 1. The molecule has 1 amide bonds. The number of esters is 1. The Morgan fingerprint density at radius 3 is 2.41 bits per heavy atom. The summed E-state index contributed by atoms with van der Waals surface area (Å²) in [5.74, 6) is -1.24. The zero-order chi connectivity index (χ0) is 23.3. The molecule has 0 aromatic heterocycles. The third-order valence-electron chi connectivity index (χ3n) is 5.25. The fraction of sp³-hybridized carbons (Fsp3) is 0.364. The SMILES string of the molecule is CCOC(=O)c1ccc(NC(=O)C2CCN(S(=O)(=O)Cc3ccccc3Cl)CC2)cc1Cl. The molecule has 3 rings (SSSR count). The van der Waals surface area contributed by atoms with Crippen LogP contribution in [0.1, 0.15) is 35.7 Å². The van der Waals surface area contributed by atoms with Gasteiger partial charge < -0.3 is 10.1 Å². The molecule has 172 valence electrons. The first-order valence-corrected chi connectivity index (χ1v) is 12.6. The normalized spacial score (nSPS) is 15.3. The molecule has 2 aromatic carbocycles. The van der Waals surface area contributed by atoms with Crippen LogP contribution in [-0.4, -0.2) is 44.3 Å². The molecule has 2 aromatic rings. The van der Waals surface area contributed by atoms with Crippen molar-refractivity contribution in [3.8, 4) is 0 Å². The first kappa shape index (κ1) is 24.5. The van der Waals surface area contributed by atoms with E-state index in [-0.39, 0.29) is 47.9 Å². The molecule has 0 saturated carbocycles. The number of nitrogens with one attached hydrogen (secondary N) is 1. The van der Waals surface area contributed by atoms with E-state index >= 15 is 0 Å². The van der Waals surface area contributed by atoms with E-state index in [4.69, 9.17) is 27.9 Å². The number of carbonyl (C=O) groups excluding carboxylic acids is 2. The van der Waals surface area contributed by atoms with Crippen LogP contribution in [-0.2, 0) is 25.3 Å². The Kier molecular flexibility index (Phi) is 8.16. The van der Waals surface area contributed by atoms with E-state index in [1.807, 2.05) is 0 Å². The third-order valence-corrected chi connectivity index (χ3v) is 7.75. The molecule has 0 bridgehead atoms. The van der Waals surface area contributed by atoms with Gasteiger partial charge in [0.15, 0.2) is 0 Å². The maximum absolute atomic E-state index is 12.8. The van der Waals surface area contributed by atoms with Gasteiger partial charge in [0.25, 0.3) is 0 Å². The van der Waals surface area contributed by atoms with Crippen LogP contribution in [0, 0.1) is 5.92 Å². The second kappa shape index (κ2) is 10.7. The van der Waals surface area contributed by atoms with Crippen LogP contribution in [0.5, 0.6) is 0 Å². The topological polar surface area (TPSA) is 92.8 Å². The van der Waals surface area contributed by atoms with Crippen molar-refractivity contribution < 1.29 is 22.7 Å². The summed E-state index contributed by atoms with van der Waals surface area (Å²) >= 11 is 12.2. The first-order chi connectivity index (χ1) is 15.2. The lowest BCUT2D eigenvalue weighted by Crippen LogP contribution is -2.41. The number of amides is 1. The van der Waals surface area contributed by atoms with Crippen LogP contribution >= 0.6 is 23.2 Å². The van der Waals surface area contributed by atoms with Gasteiger partial charge in [-0.25, -0.2) is 17.5 Å². The van der Waals surface area contributed by atoms with Crippen molar-refractivity contribution in [3.63, 3.8) is 0 Å². The van der Waals surface area contributed by atoms with E-state index in [0.29, 0.717) is 29.1 Å². The molecule has 7 nitrogen and oxygen atoms in total. The molecule has 1 fully saturated rings. The summed E-state index contributed by atoms with van der Waals surface area (Å²) in [5.41, 5.74) is 1.24. The zero-order valence-electron chi connectivity index (χ0n) is 17.5. The van der Waals surface area contributed by atoms with Gasteiger partial charge in [-0.1, -0.05) is 41.4 Å². The van der Waals surface area contributed by atoms with Crippen LogP contribution in [0.2, 0.25) is 10.0 Å². The van der Waals surface area contributed by atoms with E-state index in [2.05, 4.69) is 5.32 Å². The first-order valence-electron chi connectivity index (χ1n) is 10.2. The van der Waals surface area contributed by atoms with Gasteiger partial charge in [0.1, 0.15) is 0 Å². The maximum Gasteiger partial charge on any atom is 0.339 e. The summed E-state index contributed by atoms with van der Waals surface area (Å²) in [5, 5.41) is 3.39. The predicted octanol–water partition coefficient (Wildman–Crippen LogP) is 4.35. The second-order valence-electron chi connectivity index (χ2n) is 7.43. The number of benzene rings is 2. The van der Waals surface area contributed by atoms with Crippen molar-refractivity contribution in [1.29, 1.82) is 0 Å². The van der Waals surface area contributed by atoms with Gasteiger partial charge in [-0.2, -0.15) is 0 Å². The summed E-state index contributed by atoms with van der Waals surface area (Å²) in [6.45, 7) is 2.45. The summed E-state index contributed by atoms with van der Waals surface area (Å²) in [7, 11) is -3.53. The van der Waals surface area contributed by atoms with Crippen LogP contribution in [0.15, 0.2) is 42.5 Å². The lowest BCUT2D eigenvalue weighted by molar-refractivity contribution is -0.120. The fourth-order valence-electron chi connectivity index (χ4n) is 3.51. The van der Waals surface area contributed by atoms with Gasteiger partial charge in [-0.05, 0) is 49.6 Å². The highest BCUT2D eigenvalue weighted by molar-refractivity contribution is 7.88. The number of hydrogen-bond donors (Lipinski definition) is 1. The predicted molar refractivity (Wildman–Crippen MR) is 124 cm³/mol. The van der Waals surface area contributed by atoms with Gasteiger partial charge in [-0.15, -0.1) is 0 Å². The lowest BCUT2D eigenvalue weighted by Gasteiger charge is -2.30. The number of ether oxygens (including phenoxy) is 1. The molecule has 0 aliphatic carbocycles. The molecular weight excluding hydrogens is 475 g/mol. The van der Waals surface area contributed by atoms with E-state index in [1.165, 1.54) is 16.4 Å². The average Bonchev–Trinajstić information content (AvgIpc) is 2.75. The third kappa shape index (κ3) is 6.01. The smallest absolute Gasteiger partial charge is 0.339 e.